The Kier molecular flexibility index (Phi) is 5.42. The SMILES string of the molecule is CC(C)COc1ccc(OC(N)=O)c(Cc2ccccc2)c1. The Morgan fingerprint density at radius 2 is 1.86 bits per heavy atom. The van der Waals surface area contributed by atoms with E-state index in [2.05, 4.69) is 13.8 Å². The smallest absolute Gasteiger partial charge is 0.409 e. The summed E-state index contributed by atoms with van der Waals surface area (Å²) in [4.78, 5) is 11.0. The molecule has 4 nitrogen and oxygen atoms in total. The van der Waals surface area contributed by atoms with Gasteiger partial charge in [-0.3, -0.25) is 0 Å². The fraction of sp³-hybridized carbons (Fsp3) is 0.278. The van der Waals surface area contributed by atoms with E-state index < -0.39 is 6.09 Å². The van der Waals surface area contributed by atoms with Crippen LogP contribution in [0.2, 0.25) is 0 Å². The lowest BCUT2D eigenvalue weighted by atomic mass is 10.0. The van der Waals surface area contributed by atoms with Gasteiger partial charge in [0.25, 0.3) is 0 Å². The highest BCUT2D eigenvalue weighted by Gasteiger charge is 2.10. The number of rotatable bonds is 6. The van der Waals surface area contributed by atoms with Crippen molar-refractivity contribution in [1.29, 1.82) is 0 Å². The van der Waals surface area contributed by atoms with Gasteiger partial charge in [0, 0.05) is 12.0 Å². The number of carbonyl (C=O) groups is 1. The van der Waals surface area contributed by atoms with Crippen molar-refractivity contribution in [3.05, 3.63) is 59.7 Å². The van der Waals surface area contributed by atoms with Crippen molar-refractivity contribution in [1.82, 2.24) is 0 Å². The summed E-state index contributed by atoms with van der Waals surface area (Å²) in [5, 5.41) is 0. The fourth-order valence-electron chi connectivity index (χ4n) is 2.07. The third-order valence-electron chi connectivity index (χ3n) is 3.06. The standard InChI is InChI=1S/C18H21NO3/c1-13(2)12-21-16-8-9-17(22-18(19)20)15(11-16)10-14-6-4-3-5-7-14/h3-9,11,13H,10,12H2,1-2H3,(H2,19,20). The second-order valence-electron chi connectivity index (χ2n) is 5.56. The quantitative estimate of drug-likeness (QED) is 0.883. The van der Waals surface area contributed by atoms with Crippen LogP contribution >= 0.6 is 0 Å². The molecule has 22 heavy (non-hydrogen) atoms. The summed E-state index contributed by atoms with van der Waals surface area (Å²) in [6, 6.07) is 15.4. The molecule has 0 aliphatic rings. The molecule has 0 aromatic heterocycles. The van der Waals surface area contributed by atoms with E-state index in [-0.39, 0.29) is 0 Å². The van der Waals surface area contributed by atoms with Gasteiger partial charge in [-0.1, -0.05) is 44.2 Å². The van der Waals surface area contributed by atoms with Crippen LogP contribution in [0.25, 0.3) is 0 Å². The van der Waals surface area contributed by atoms with Crippen molar-refractivity contribution in [2.45, 2.75) is 20.3 Å². The number of hydrogen-bond donors (Lipinski definition) is 1. The van der Waals surface area contributed by atoms with Crippen molar-refractivity contribution in [2.24, 2.45) is 11.7 Å². The molecular weight excluding hydrogens is 278 g/mol. The molecule has 0 aliphatic carbocycles. The van der Waals surface area contributed by atoms with Gasteiger partial charge >= 0.3 is 6.09 Å². The van der Waals surface area contributed by atoms with E-state index >= 15 is 0 Å². The van der Waals surface area contributed by atoms with Gasteiger partial charge in [0.15, 0.2) is 0 Å². The largest absolute Gasteiger partial charge is 0.493 e. The van der Waals surface area contributed by atoms with Crippen LogP contribution in [0.3, 0.4) is 0 Å². The highest BCUT2D eigenvalue weighted by atomic mass is 16.5. The first-order valence-electron chi connectivity index (χ1n) is 7.31. The van der Waals surface area contributed by atoms with Gasteiger partial charge in [-0.25, -0.2) is 4.79 Å². The number of primary amides is 1. The number of hydrogen-bond acceptors (Lipinski definition) is 3. The van der Waals surface area contributed by atoms with Crippen LogP contribution in [-0.4, -0.2) is 12.7 Å². The molecule has 2 N–H and O–H groups in total. The van der Waals surface area contributed by atoms with Crippen LogP contribution in [0.4, 0.5) is 4.79 Å². The average molecular weight is 299 g/mol. The lowest BCUT2D eigenvalue weighted by Crippen LogP contribution is -2.17. The first-order chi connectivity index (χ1) is 10.5. The molecule has 116 valence electrons. The van der Waals surface area contributed by atoms with Crippen LogP contribution in [0, 0.1) is 5.92 Å². The Balaban J connectivity index is 2.24. The van der Waals surface area contributed by atoms with Crippen molar-refractivity contribution in [2.75, 3.05) is 6.61 Å². The van der Waals surface area contributed by atoms with E-state index in [1.807, 2.05) is 36.4 Å². The number of carbonyl (C=O) groups excluding carboxylic acids is 1. The highest BCUT2D eigenvalue weighted by Crippen LogP contribution is 2.27. The molecule has 0 saturated heterocycles. The molecule has 2 aromatic carbocycles. The Hall–Kier alpha value is -2.49. The van der Waals surface area contributed by atoms with E-state index in [4.69, 9.17) is 15.2 Å². The molecule has 0 spiro atoms. The van der Waals surface area contributed by atoms with Gasteiger partial charge in [0.1, 0.15) is 11.5 Å². The fourth-order valence-corrected chi connectivity index (χ4v) is 2.07. The van der Waals surface area contributed by atoms with Gasteiger partial charge in [0.2, 0.25) is 0 Å². The van der Waals surface area contributed by atoms with Crippen molar-refractivity contribution < 1.29 is 14.3 Å². The highest BCUT2D eigenvalue weighted by molar-refractivity contribution is 5.69. The minimum atomic E-state index is -0.815. The summed E-state index contributed by atoms with van der Waals surface area (Å²) in [6.45, 7) is 4.83. The van der Waals surface area contributed by atoms with Gasteiger partial charge in [-0.2, -0.15) is 0 Å². The molecule has 0 bridgehead atoms. The molecule has 2 rings (SSSR count). The summed E-state index contributed by atoms with van der Waals surface area (Å²) in [7, 11) is 0. The molecular formula is C18H21NO3. The molecule has 4 heteroatoms. The number of ether oxygens (including phenoxy) is 2. The molecule has 0 aliphatic heterocycles. The minimum Gasteiger partial charge on any atom is -0.493 e. The number of nitrogens with two attached hydrogens (primary N) is 1. The topological polar surface area (TPSA) is 61.6 Å². The molecule has 0 radical (unpaired) electrons. The first-order valence-corrected chi connectivity index (χ1v) is 7.31. The van der Waals surface area contributed by atoms with Gasteiger partial charge in [0.05, 0.1) is 6.61 Å². The van der Waals surface area contributed by atoms with Gasteiger partial charge in [-0.15, -0.1) is 0 Å². The monoisotopic (exact) mass is 299 g/mol. The van der Waals surface area contributed by atoms with E-state index in [1.165, 1.54) is 0 Å². The summed E-state index contributed by atoms with van der Waals surface area (Å²) in [5.74, 6) is 1.67. The number of benzene rings is 2. The first kappa shape index (κ1) is 15.9. The summed E-state index contributed by atoms with van der Waals surface area (Å²) in [6.07, 6.45) is -0.173. The average Bonchev–Trinajstić information content (AvgIpc) is 2.48. The predicted octanol–water partition coefficient (Wildman–Crippen LogP) is 3.77. The second kappa shape index (κ2) is 7.50. The van der Waals surface area contributed by atoms with Crippen LogP contribution in [0.1, 0.15) is 25.0 Å². The third-order valence-corrected chi connectivity index (χ3v) is 3.06. The summed E-state index contributed by atoms with van der Waals surface area (Å²) < 4.78 is 10.8. The lowest BCUT2D eigenvalue weighted by molar-refractivity contribution is 0.210. The zero-order valence-electron chi connectivity index (χ0n) is 12.9. The minimum absolute atomic E-state index is 0.444. The zero-order chi connectivity index (χ0) is 15.9. The molecule has 0 saturated carbocycles. The van der Waals surface area contributed by atoms with Crippen LogP contribution < -0.4 is 15.2 Å². The Bertz CT molecular complexity index is 623. The Morgan fingerprint density at radius 1 is 1.14 bits per heavy atom. The van der Waals surface area contributed by atoms with Crippen molar-refractivity contribution >= 4 is 6.09 Å². The van der Waals surface area contributed by atoms with Crippen molar-refractivity contribution in [3.8, 4) is 11.5 Å². The van der Waals surface area contributed by atoms with Crippen LogP contribution in [0.5, 0.6) is 11.5 Å². The predicted molar refractivity (Wildman–Crippen MR) is 86.2 cm³/mol. The number of amides is 1. The van der Waals surface area contributed by atoms with Gasteiger partial charge in [-0.05, 0) is 29.7 Å². The molecule has 1 amide bonds. The third kappa shape index (κ3) is 4.81. The molecule has 0 atom stereocenters. The summed E-state index contributed by atoms with van der Waals surface area (Å²) in [5.41, 5.74) is 7.12. The zero-order valence-corrected chi connectivity index (χ0v) is 12.9. The maximum absolute atomic E-state index is 11.0. The van der Waals surface area contributed by atoms with E-state index in [9.17, 15) is 4.79 Å². The molecule has 0 heterocycles. The Labute approximate surface area is 130 Å². The van der Waals surface area contributed by atoms with Crippen molar-refractivity contribution in [3.63, 3.8) is 0 Å². The molecule has 0 fully saturated rings. The molecule has 2 aromatic rings. The lowest BCUT2D eigenvalue weighted by Gasteiger charge is -2.13. The van der Waals surface area contributed by atoms with E-state index in [1.54, 1.807) is 12.1 Å². The van der Waals surface area contributed by atoms with Gasteiger partial charge < -0.3 is 15.2 Å². The maximum Gasteiger partial charge on any atom is 0.409 e. The van der Waals surface area contributed by atoms with E-state index in [0.29, 0.717) is 24.7 Å². The van der Waals surface area contributed by atoms with Crippen LogP contribution in [-0.2, 0) is 6.42 Å². The van der Waals surface area contributed by atoms with E-state index in [0.717, 1.165) is 16.9 Å². The second-order valence-corrected chi connectivity index (χ2v) is 5.56. The molecule has 0 unspecified atom stereocenters. The Morgan fingerprint density at radius 3 is 2.50 bits per heavy atom. The normalized spacial score (nSPS) is 10.5. The summed E-state index contributed by atoms with van der Waals surface area (Å²) >= 11 is 0. The maximum atomic E-state index is 11.0. The van der Waals surface area contributed by atoms with Crippen LogP contribution in [0.15, 0.2) is 48.5 Å².